The van der Waals surface area contributed by atoms with E-state index in [-0.39, 0.29) is 17.4 Å². The predicted octanol–water partition coefficient (Wildman–Crippen LogP) is 2.29. The second-order valence-corrected chi connectivity index (χ2v) is 6.10. The van der Waals surface area contributed by atoms with Gasteiger partial charge in [-0.25, -0.2) is 0 Å². The molecule has 0 spiro atoms. The number of ether oxygens (including phenoxy) is 1. The zero-order valence-corrected chi connectivity index (χ0v) is 11.8. The van der Waals surface area contributed by atoms with Crippen LogP contribution >= 0.6 is 0 Å². The van der Waals surface area contributed by atoms with Crippen LogP contribution in [0.4, 0.5) is 5.69 Å². The van der Waals surface area contributed by atoms with Gasteiger partial charge in [0, 0.05) is 30.1 Å². The van der Waals surface area contributed by atoms with E-state index in [0.717, 1.165) is 18.7 Å². The normalized spacial score (nSPS) is 19.5. The molecule has 1 aliphatic rings. The number of nitrogens with zero attached hydrogens (tertiary/aromatic N) is 1. The minimum absolute atomic E-state index is 0.0631. The van der Waals surface area contributed by atoms with E-state index in [0.29, 0.717) is 12.2 Å². The van der Waals surface area contributed by atoms with Crippen molar-refractivity contribution in [3.05, 3.63) is 24.3 Å². The molecule has 1 aliphatic heterocycles. The highest BCUT2D eigenvalue weighted by Crippen LogP contribution is 2.24. The van der Waals surface area contributed by atoms with E-state index in [2.05, 4.69) is 0 Å². The predicted molar refractivity (Wildman–Crippen MR) is 75.9 cm³/mol. The molecule has 104 valence electrons. The Kier molecular flexibility index (Phi) is 3.69. The Hall–Kier alpha value is -1.71. The summed E-state index contributed by atoms with van der Waals surface area (Å²) in [5, 5.41) is 0. The number of nitrogens with two attached hydrogens (primary N) is 1. The maximum atomic E-state index is 12.2. The summed E-state index contributed by atoms with van der Waals surface area (Å²) in [6.07, 6.45) is 0.935. The smallest absolute Gasteiger partial charge is 0.228 e. The van der Waals surface area contributed by atoms with Crippen LogP contribution in [0.3, 0.4) is 0 Å². The summed E-state index contributed by atoms with van der Waals surface area (Å²) >= 11 is 0. The molecule has 1 heterocycles. The van der Waals surface area contributed by atoms with Crippen LogP contribution in [0.5, 0.6) is 5.75 Å². The van der Waals surface area contributed by atoms with Gasteiger partial charge >= 0.3 is 0 Å². The van der Waals surface area contributed by atoms with E-state index in [4.69, 9.17) is 10.5 Å². The van der Waals surface area contributed by atoms with Crippen molar-refractivity contribution >= 4 is 11.6 Å². The standard InChI is InChI=1S/C15H22N2O2/c1-15(2,3)14(18)17-8-7-13(10-17)19-12-6-4-5-11(16)9-12/h4-6,9,13H,7-8,10,16H2,1-3H3. The van der Waals surface area contributed by atoms with E-state index in [1.807, 2.05) is 49.9 Å². The highest BCUT2D eigenvalue weighted by atomic mass is 16.5. The van der Waals surface area contributed by atoms with Crippen LogP contribution in [0.2, 0.25) is 0 Å². The van der Waals surface area contributed by atoms with Gasteiger partial charge in [-0.2, -0.15) is 0 Å². The maximum Gasteiger partial charge on any atom is 0.228 e. The molecule has 19 heavy (non-hydrogen) atoms. The quantitative estimate of drug-likeness (QED) is 0.832. The van der Waals surface area contributed by atoms with Gasteiger partial charge in [-0.1, -0.05) is 26.8 Å². The van der Waals surface area contributed by atoms with Crippen LogP contribution in [-0.4, -0.2) is 30.0 Å². The van der Waals surface area contributed by atoms with Crippen LogP contribution in [0.25, 0.3) is 0 Å². The minimum Gasteiger partial charge on any atom is -0.488 e. The number of anilines is 1. The zero-order chi connectivity index (χ0) is 14.0. The van der Waals surface area contributed by atoms with Gasteiger partial charge in [0.15, 0.2) is 0 Å². The first kappa shape index (κ1) is 13.7. The number of carbonyl (C=O) groups excluding carboxylic acids is 1. The molecule has 1 unspecified atom stereocenters. The summed E-state index contributed by atoms with van der Waals surface area (Å²) in [6, 6.07) is 7.41. The van der Waals surface area contributed by atoms with E-state index < -0.39 is 0 Å². The Balaban J connectivity index is 1.94. The van der Waals surface area contributed by atoms with Crippen molar-refractivity contribution in [3.63, 3.8) is 0 Å². The van der Waals surface area contributed by atoms with Crippen molar-refractivity contribution < 1.29 is 9.53 Å². The minimum atomic E-state index is -0.327. The monoisotopic (exact) mass is 262 g/mol. The molecule has 1 saturated heterocycles. The number of likely N-dealkylation sites (tertiary alicyclic amines) is 1. The highest BCUT2D eigenvalue weighted by Gasteiger charge is 2.33. The molecule has 1 atom stereocenters. The molecule has 1 fully saturated rings. The largest absolute Gasteiger partial charge is 0.488 e. The Morgan fingerprint density at radius 2 is 2.16 bits per heavy atom. The SMILES string of the molecule is CC(C)(C)C(=O)N1CCC(Oc2cccc(N)c2)C1. The average molecular weight is 262 g/mol. The number of hydrogen-bond acceptors (Lipinski definition) is 3. The molecular weight excluding hydrogens is 240 g/mol. The first-order valence-electron chi connectivity index (χ1n) is 6.68. The Labute approximate surface area is 114 Å². The van der Waals surface area contributed by atoms with Gasteiger partial charge in [-0.15, -0.1) is 0 Å². The molecule has 1 amide bonds. The summed E-state index contributed by atoms with van der Waals surface area (Å²) in [5.74, 6) is 0.959. The summed E-state index contributed by atoms with van der Waals surface area (Å²) in [7, 11) is 0. The van der Waals surface area contributed by atoms with Crippen molar-refractivity contribution in [2.75, 3.05) is 18.8 Å². The molecule has 2 rings (SSSR count). The molecular formula is C15H22N2O2. The molecule has 1 aromatic rings. The molecule has 1 aromatic carbocycles. The van der Waals surface area contributed by atoms with Crippen LogP contribution in [-0.2, 0) is 4.79 Å². The summed E-state index contributed by atoms with van der Waals surface area (Å²) in [6.45, 7) is 7.26. The fourth-order valence-electron chi connectivity index (χ4n) is 2.26. The van der Waals surface area contributed by atoms with Crippen LogP contribution in [0, 0.1) is 5.41 Å². The third-order valence-electron chi connectivity index (χ3n) is 3.23. The van der Waals surface area contributed by atoms with E-state index in [1.54, 1.807) is 0 Å². The lowest BCUT2D eigenvalue weighted by molar-refractivity contribution is -0.138. The molecule has 0 radical (unpaired) electrons. The summed E-state index contributed by atoms with van der Waals surface area (Å²) in [5.41, 5.74) is 6.09. The van der Waals surface area contributed by atoms with Crippen molar-refractivity contribution in [1.29, 1.82) is 0 Å². The highest BCUT2D eigenvalue weighted by molar-refractivity contribution is 5.81. The first-order chi connectivity index (χ1) is 8.86. The van der Waals surface area contributed by atoms with Gasteiger partial charge in [0.05, 0.1) is 6.54 Å². The van der Waals surface area contributed by atoms with E-state index in [9.17, 15) is 4.79 Å². The van der Waals surface area contributed by atoms with Crippen LogP contribution in [0.1, 0.15) is 27.2 Å². The second kappa shape index (κ2) is 5.11. The van der Waals surface area contributed by atoms with Gasteiger partial charge in [0.1, 0.15) is 11.9 Å². The molecule has 2 N–H and O–H groups in total. The van der Waals surface area contributed by atoms with Gasteiger partial charge in [0.25, 0.3) is 0 Å². The number of carbonyl (C=O) groups is 1. The molecule has 4 heteroatoms. The Morgan fingerprint density at radius 3 is 2.79 bits per heavy atom. The number of amides is 1. The number of nitrogen functional groups attached to an aromatic ring is 1. The third kappa shape index (κ3) is 3.40. The molecule has 4 nitrogen and oxygen atoms in total. The Morgan fingerprint density at radius 1 is 1.42 bits per heavy atom. The number of rotatable bonds is 2. The van der Waals surface area contributed by atoms with Gasteiger partial charge in [-0.05, 0) is 12.1 Å². The topological polar surface area (TPSA) is 55.6 Å². The van der Waals surface area contributed by atoms with Gasteiger partial charge in [-0.3, -0.25) is 4.79 Å². The first-order valence-corrected chi connectivity index (χ1v) is 6.68. The number of hydrogen-bond donors (Lipinski definition) is 1. The van der Waals surface area contributed by atoms with Gasteiger partial charge < -0.3 is 15.4 Å². The lowest BCUT2D eigenvalue weighted by atomic mass is 9.95. The summed E-state index contributed by atoms with van der Waals surface area (Å²) < 4.78 is 5.88. The summed E-state index contributed by atoms with van der Waals surface area (Å²) in [4.78, 5) is 14.1. The lowest BCUT2D eigenvalue weighted by Crippen LogP contribution is -2.38. The second-order valence-electron chi connectivity index (χ2n) is 6.10. The third-order valence-corrected chi connectivity index (χ3v) is 3.23. The molecule has 0 aliphatic carbocycles. The van der Waals surface area contributed by atoms with Gasteiger partial charge in [0.2, 0.25) is 5.91 Å². The van der Waals surface area contributed by atoms with Crippen LogP contribution < -0.4 is 10.5 Å². The maximum absolute atomic E-state index is 12.2. The zero-order valence-electron chi connectivity index (χ0n) is 11.8. The van der Waals surface area contributed by atoms with Crippen molar-refractivity contribution in [2.24, 2.45) is 5.41 Å². The van der Waals surface area contributed by atoms with Crippen molar-refractivity contribution in [2.45, 2.75) is 33.3 Å². The fourth-order valence-corrected chi connectivity index (χ4v) is 2.26. The average Bonchev–Trinajstić information content (AvgIpc) is 2.75. The molecule has 0 saturated carbocycles. The Bertz CT molecular complexity index is 465. The van der Waals surface area contributed by atoms with E-state index in [1.165, 1.54) is 0 Å². The number of benzene rings is 1. The van der Waals surface area contributed by atoms with Crippen molar-refractivity contribution in [1.82, 2.24) is 4.90 Å². The van der Waals surface area contributed by atoms with Crippen LogP contribution in [0.15, 0.2) is 24.3 Å². The van der Waals surface area contributed by atoms with Crippen molar-refractivity contribution in [3.8, 4) is 5.75 Å². The molecule has 0 bridgehead atoms. The van der Waals surface area contributed by atoms with E-state index >= 15 is 0 Å². The fraction of sp³-hybridized carbons (Fsp3) is 0.533. The molecule has 0 aromatic heterocycles. The lowest BCUT2D eigenvalue weighted by Gasteiger charge is -2.25.